The normalized spacial score (nSPS) is 11.1. The fourth-order valence-corrected chi connectivity index (χ4v) is 4.01. The molecule has 1 amide bonds. The molecule has 0 radical (unpaired) electrons. The Labute approximate surface area is 211 Å². The molecule has 2 N–H and O–H groups in total. The highest BCUT2D eigenvalue weighted by Gasteiger charge is 2.17. The Morgan fingerprint density at radius 1 is 1.08 bits per heavy atom. The topological polar surface area (TPSA) is 121 Å². The number of hydrogen-bond donors (Lipinski definition) is 2. The molecule has 0 atom stereocenters. The molecule has 9 heteroatoms. The summed E-state index contributed by atoms with van der Waals surface area (Å²) in [6.07, 6.45) is 1.59. The molecular weight excluding hydrogens is 458 g/mol. The maximum Gasteiger partial charge on any atom is 0.305 e. The second kappa shape index (κ2) is 11.8. The zero-order chi connectivity index (χ0) is 26.4. The highest BCUT2D eigenvalue weighted by Crippen LogP contribution is 2.29. The van der Waals surface area contributed by atoms with Crippen molar-refractivity contribution < 1.29 is 19.2 Å². The van der Waals surface area contributed by atoms with Crippen LogP contribution in [0.2, 0.25) is 0 Å². The van der Waals surface area contributed by atoms with Gasteiger partial charge in [0.25, 0.3) is 5.89 Å². The third kappa shape index (κ3) is 6.68. The lowest BCUT2D eigenvalue weighted by atomic mass is 9.93. The number of anilines is 1. The van der Waals surface area contributed by atoms with E-state index in [4.69, 9.17) is 9.63 Å². The summed E-state index contributed by atoms with van der Waals surface area (Å²) in [5.74, 6) is 0.711. The molecule has 3 rings (SSSR count). The number of carbonyl (C=O) groups is 2. The second-order valence-electron chi connectivity index (χ2n) is 9.26. The molecule has 36 heavy (non-hydrogen) atoms. The summed E-state index contributed by atoms with van der Waals surface area (Å²) >= 11 is 0. The lowest BCUT2D eigenvalue weighted by Gasteiger charge is -2.23. The molecular formula is C27H35N5O4. The van der Waals surface area contributed by atoms with Gasteiger partial charge >= 0.3 is 5.97 Å². The van der Waals surface area contributed by atoms with Gasteiger partial charge in [-0.1, -0.05) is 12.1 Å². The maximum absolute atomic E-state index is 12.1. The smallest absolute Gasteiger partial charge is 0.305 e. The van der Waals surface area contributed by atoms with Gasteiger partial charge in [0.2, 0.25) is 11.7 Å². The minimum atomic E-state index is -0.929. The van der Waals surface area contributed by atoms with Crippen molar-refractivity contribution in [1.29, 1.82) is 0 Å². The number of aliphatic carboxylic acids is 1. The number of carbonyl (C=O) groups excluding carboxylic acids is 1. The van der Waals surface area contributed by atoms with Crippen LogP contribution in [0.25, 0.3) is 22.8 Å². The molecule has 192 valence electrons. The van der Waals surface area contributed by atoms with Crippen LogP contribution in [-0.4, -0.2) is 51.7 Å². The number of nitrogens with one attached hydrogen (secondary N) is 1. The van der Waals surface area contributed by atoms with Gasteiger partial charge in [0.1, 0.15) is 5.82 Å². The lowest BCUT2D eigenvalue weighted by molar-refractivity contribution is -0.136. The monoisotopic (exact) mass is 493 g/mol. The molecule has 0 aliphatic rings. The van der Waals surface area contributed by atoms with E-state index in [1.807, 2.05) is 39.1 Å². The number of nitrogens with zero attached hydrogens (tertiary/aromatic N) is 4. The highest BCUT2D eigenvalue weighted by molar-refractivity contribution is 5.77. The number of benzene rings is 1. The number of aromatic nitrogens is 3. The van der Waals surface area contributed by atoms with Crippen molar-refractivity contribution in [3.63, 3.8) is 0 Å². The van der Waals surface area contributed by atoms with E-state index >= 15 is 0 Å². The summed E-state index contributed by atoms with van der Waals surface area (Å²) in [4.78, 5) is 34.1. The molecule has 0 spiro atoms. The molecule has 2 aromatic heterocycles. The SMILES string of the molecule is CCc1cc(-c2noc(-c3cc(C)nc(N(C)C(C)C)c3)n2)cc(C)c1CCC(=O)NCCC(=O)O. The van der Waals surface area contributed by atoms with Gasteiger partial charge in [-0.05, 0) is 81.5 Å². The molecule has 3 aromatic rings. The van der Waals surface area contributed by atoms with Crippen molar-refractivity contribution in [1.82, 2.24) is 20.4 Å². The molecule has 0 saturated heterocycles. The molecule has 0 aliphatic carbocycles. The van der Waals surface area contributed by atoms with E-state index < -0.39 is 5.97 Å². The maximum atomic E-state index is 12.1. The Bertz CT molecular complexity index is 1230. The summed E-state index contributed by atoms with van der Waals surface area (Å²) in [5.41, 5.74) is 5.84. The first-order valence-electron chi connectivity index (χ1n) is 12.3. The number of carboxylic acid groups (broad SMARTS) is 1. The van der Waals surface area contributed by atoms with E-state index in [0.29, 0.717) is 30.6 Å². The summed E-state index contributed by atoms with van der Waals surface area (Å²) < 4.78 is 5.63. The van der Waals surface area contributed by atoms with Gasteiger partial charge in [0.15, 0.2) is 0 Å². The molecule has 0 bridgehead atoms. The number of amides is 1. The van der Waals surface area contributed by atoms with Crippen LogP contribution in [-0.2, 0) is 22.4 Å². The van der Waals surface area contributed by atoms with Crippen LogP contribution in [0, 0.1) is 13.8 Å². The number of carboxylic acids is 1. The Kier molecular flexibility index (Phi) is 8.79. The van der Waals surface area contributed by atoms with Gasteiger partial charge in [-0.25, -0.2) is 4.98 Å². The van der Waals surface area contributed by atoms with Crippen LogP contribution in [0.1, 0.15) is 56.0 Å². The zero-order valence-corrected chi connectivity index (χ0v) is 21.9. The van der Waals surface area contributed by atoms with E-state index in [1.54, 1.807) is 0 Å². The van der Waals surface area contributed by atoms with Gasteiger partial charge < -0.3 is 19.8 Å². The summed E-state index contributed by atoms with van der Waals surface area (Å²) in [6, 6.07) is 8.26. The molecule has 0 fully saturated rings. The van der Waals surface area contributed by atoms with Crippen LogP contribution in [0.15, 0.2) is 28.8 Å². The number of hydrogen-bond acceptors (Lipinski definition) is 7. The fraction of sp³-hybridized carbons (Fsp3) is 0.444. The average Bonchev–Trinajstić information content (AvgIpc) is 3.32. The first kappa shape index (κ1) is 26.8. The summed E-state index contributed by atoms with van der Waals surface area (Å²) in [7, 11) is 2.01. The molecule has 9 nitrogen and oxygen atoms in total. The van der Waals surface area contributed by atoms with Gasteiger partial charge in [0.05, 0.1) is 6.42 Å². The van der Waals surface area contributed by atoms with Gasteiger partial charge in [-0.15, -0.1) is 0 Å². The lowest BCUT2D eigenvalue weighted by Crippen LogP contribution is -2.26. The molecule has 0 unspecified atom stereocenters. The van der Waals surface area contributed by atoms with Crippen molar-refractivity contribution in [3.05, 3.63) is 46.6 Å². The number of pyridine rings is 1. The van der Waals surface area contributed by atoms with E-state index in [0.717, 1.165) is 45.7 Å². The first-order valence-corrected chi connectivity index (χ1v) is 12.3. The Morgan fingerprint density at radius 3 is 2.50 bits per heavy atom. The number of aryl methyl sites for hydroxylation is 3. The van der Waals surface area contributed by atoms with E-state index in [9.17, 15) is 9.59 Å². The molecule has 0 saturated carbocycles. The fourth-order valence-electron chi connectivity index (χ4n) is 4.01. The molecule has 2 heterocycles. The first-order chi connectivity index (χ1) is 17.1. The Morgan fingerprint density at radius 2 is 1.83 bits per heavy atom. The van der Waals surface area contributed by atoms with E-state index in [1.165, 1.54) is 0 Å². The van der Waals surface area contributed by atoms with Crippen LogP contribution in [0.4, 0.5) is 5.82 Å². The average molecular weight is 494 g/mol. The Hall–Kier alpha value is -3.75. The van der Waals surface area contributed by atoms with Gasteiger partial charge in [-0.2, -0.15) is 4.98 Å². The minimum Gasteiger partial charge on any atom is -0.481 e. The van der Waals surface area contributed by atoms with Crippen molar-refractivity contribution in [2.75, 3.05) is 18.5 Å². The third-order valence-electron chi connectivity index (χ3n) is 6.22. The third-order valence-corrected chi connectivity index (χ3v) is 6.22. The highest BCUT2D eigenvalue weighted by atomic mass is 16.5. The van der Waals surface area contributed by atoms with E-state index in [2.05, 4.69) is 52.2 Å². The van der Waals surface area contributed by atoms with Crippen molar-refractivity contribution in [2.45, 2.75) is 66.3 Å². The van der Waals surface area contributed by atoms with Crippen LogP contribution >= 0.6 is 0 Å². The predicted molar refractivity (Wildman–Crippen MR) is 139 cm³/mol. The minimum absolute atomic E-state index is 0.0822. The zero-order valence-electron chi connectivity index (χ0n) is 21.9. The van der Waals surface area contributed by atoms with Crippen molar-refractivity contribution in [2.24, 2.45) is 0 Å². The predicted octanol–water partition coefficient (Wildman–Crippen LogP) is 4.35. The van der Waals surface area contributed by atoms with Crippen LogP contribution in [0.3, 0.4) is 0 Å². The van der Waals surface area contributed by atoms with Crippen LogP contribution in [0.5, 0.6) is 0 Å². The largest absolute Gasteiger partial charge is 0.481 e. The quantitative estimate of drug-likeness (QED) is 0.404. The van der Waals surface area contributed by atoms with Crippen molar-refractivity contribution >= 4 is 17.7 Å². The summed E-state index contributed by atoms with van der Waals surface area (Å²) in [5, 5.41) is 15.6. The van der Waals surface area contributed by atoms with Gasteiger partial charge in [0, 0.05) is 42.9 Å². The number of rotatable bonds is 11. The Balaban J connectivity index is 1.80. The van der Waals surface area contributed by atoms with E-state index in [-0.39, 0.29) is 18.9 Å². The van der Waals surface area contributed by atoms with Crippen molar-refractivity contribution in [3.8, 4) is 22.8 Å². The molecule has 1 aromatic carbocycles. The summed E-state index contributed by atoms with van der Waals surface area (Å²) in [6.45, 7) is 10.4. The standard InChI is InChI=1S/C27H35N5O4/c1-7-19-14-20(12-17(4)22(19)8-9-24(33)28-11-10-25(34)35)26-30-27(36-31-26)21-13-18(5)29-23(15-21)32(6)16(2)3/h12-16H,7-11H2,1-6H3,(H,28,33)(H,34,35). The van der Waals surface area contributed by atoms with Gasteiger partial charge in [-0.3, -0.25) is 9.59 Å². The molecule has 0 aliphatic heterocycles. The van der Waals surface area contributed by atoms with Crippen LogP contribution < -0.4 is 10.2 Å². The second-order valence-corrected chi connectivity index (χ2v) is 9.26.